The van der Waals surface area contributed by atoms with Gasteiger partial charge in [0, 0.05) is 32.0 Å². The van der Waals surface area contributed by atoms with Gasteiger partial charge in [0.25, 0.3) is 0 Å². The van der Waals surface area contributed by atoms with E-state index < -0.39 is 12.1 Å². The van der Waals surface area contributed by atoms with Gasteiger partial charge in [0.1, 0.15) is 17.7 Å². The summed E-state index contributed by atoms with van der Waals surface area (Å²) in [5.41, 5.74) is 6.13. The number of aromatic nitrogens is 4. The molecule has 2 fully saturated rings. The molecule has 4 heterocycles. The molecule has 0 radical (unpaired) electrons. The Hall–Kier alpha value is -4.93. The smallest absolute Gasteiger partial charge is 0.407 e. The average Bonchev–Trinajstić information content (AvgIpc) is 3.93. The highest BCUT2D eigenvalue weighted by Crippen LogP contribution is 2.34. The Labute approximate surface area is 287 Å². The van der Waals surface area contributed by atoms with E-state index in [0.717, 1.165) is 77.6 Å². The van der Waals surface area contributed by atoms with Crippen LogP contribution in [0.5, 0.6) is 0 Å². The number of amides is 3. The van der Waals surface area contributed by atoms with Crippen molar-refractivity contribution in [3.05, 3.63) is 72.6 Å². The van der Waals surface area contributed by atoms with Crippen LogP contribution < -0.4 is 5.32 Å². The summed E-state index contributed by atoms with van der Waals surface area (Å²) in [5, 5.41) is 2.70. The third kappa shape index (κ3) is 7.55. The Balaban J connectivity index is 1.09. The van der Waals surface area contributed by atoms with Gasteiger partial charge in [-0.3, -0.25) is 9.59 Å². The van der Waals surface area contributed by atoms with Crippen molar-refractivity contribution in [3.63, 3.8) is 0 Å². The number of benzene rings is 2. The zero-order valence-electron chi connectivity index (χ0n) is 29.0. The van der Waals surface area contributed by atoms with E-state index in [0.29, 0.717) is 18.9 Å². The number of ether oxygens (including phenoxy) is 1. The first kappa shape index (κ1) is 34.0. The fourth-order valence-corrected chi connectivity index (χ4v) is 6.91. The topological polar surface area (TPSA) is 136 Å². The summed E-state index contributed by atoms with van der Waals surface area (Å²) in [6.07, 6.45) is 6.28. The zero-order chi connectivity index (χ0) is 34.7. The molecule has 2 aromatic heterocycles. The van der Waals surface area contributed by atoms with Crippen molar-refractivity contribution >= 4 is 17.9 Å². The summed E-state index contributed by atoms with van der Waals surface area (Å²) in [4.78, 5) is 58.0. The first-order valence-electron chi connectivity index (χ1n) is 17.3. The number of likely N-dealkylation sites (tertiary alicyclic amines) is 2. The van der Waals surface area contributed by atoms with E-state index in [4.69, 9.17) is 4.74 Å². The summed E-state index contributed by atoms with van der Waals surface area (Å²) >= 11 is 0. The normalized spacial score (nSPS) is 18.3. The van der Waals surface area contributed by atoms with E-state index in [9.17, 15) is 14.4 Å². The lowest BCUT2D eigenvalue weighted by Gasteiger charge is -2.30. The van der Waals surface area contributed by atoms with E-state index in [1.54, 1.807) is 0 Å². The summed E-state index contributed by atoms with van der Waals surface area (Å²) in [6, 6.07) is 15.9. The molecular formula is C38H47N7O4. The van der Waals surface area contributed by atoms with Gasteiger partial charge in [-0.2, -0.15) is 0 Å². The molecule has 49 heavy (non-hydrogen) atoms. The number of H-pyrrole nitrogens is 2. The molecule has 11 heteroatoms. The van der Waals surface area contributed by atoms with Gasteiger partial charge in [0.15, 0.2) is 0 Å². The lowest BCUT2D eigenvalue weighted by atomic mass is 10.0. The fourth-order valence-electron chi connectivity index (χ4n) is 6.91. The molecular weight excluding hydrogens is 618 g/mol. The predicted octanol–water partition coefficient (Wildman–Crippen LogP) is 6.54. The molecule has 0 saturated carbocycles. The second-order valence-corrected chi connectivity index (χ2v) is 14.0. The van der Waals surface area contributed by atoms with E-state index >= 15 is 0 Å². The van der Waals surface area contributed by atoms with Crippen LogP contribution in [0.1, 0.15) is 77.0 Å². The summed E-state index contributed by atoms with van der Waals surface area (Å²) in [6.45, 7) is 10.1. The minimum Gasteiger partial charge on any atom is -0.453 e. The van der Waals surface area contributed by atoms with Gasteiger partial charge in [-0.1, -0.05) is 76.2 Å². The lowest BCUT2D eigenvalue weighted by Crippen LogP contribution is -2.51. The summed E-state index contributed by atoms with van der Waals surface area (Å²) in [7, 11) is 1.30. The van der Waals surface area contributed by atoms with E-state index in [1.165, 1.54) is 7.11 Å². The third-order valence-electron chi connectivity index (χ3n) is 9.67. The molecule has 11 nitrogen and oxygen atoms in total. The number of nitrogens with zero attached hydrogens (tertiary/aromatic N) is 4. The van der Waals surface area contributed by atoms with Crippen LogP contribution in [0.2, 0.25) is 0 Å². The second kappa shape index (κ2) is 14.7. The molecule has 0 spiro atoms. The molecule has 3 N–H and O–H groups in total. The minimum atomic E-state index is -0.670. The molecule has 0 aliphatic carbocycles. The second-order valence-electron chi connectivity index (χ2n) is 14.0. The maximum absolute atomic E-state index is 13.5. The highest BCUT2D eigenvalue weighted by atomic mass is 16.5. The first-order valence-corrected chi connectivity index (χ1v) is 17.3. The SMILES string of the molecule is COC(=O)NC(C(=O)N1CCCC1c1ncc(-c2ccc(-c3ccc(-c4cnc(C5CCN(C(=O)CC(C)C)C5)[nH]4)cc3)cc2)[nH]1)C(C)C. The Morgan fingerprint density at radius 1 is 0.837 bits per heavy atom. The third-order valence-corrected chi connectivity index (χ3v) is 9.67. The monoisotopic (exact) mass is 665 g/mol. The predicted molar refractivity (Wildman–Crippen MR) is 188 cm³/mol. The molecule has 3 amide bonds. The number of imidazole rings is 2. The molecule has 3 atom stereocenters. The van der Waals surface area contributed by atoms with Gasteiger partial charge in [-0.25, -0.2) is 14.8 Å². The van der Waals surface area contributed by atoms with Crippen molar-refractivity contribution < 1.29 is 19.1 Å². The van der Waals surface area contributed by atoms with Gasteiger partial charge in [0.05, 0.1) is 36.9 Å². The van der Waals surface area contributed by atoms with Gasteiger partial charge in [0.2, 0.25) is 11.8 Å². The van der Waals surface area contributed by atoms with Crippen molar-refractivity contribution in [2.75, 3.05) is 26.7 Å². The molecule has 6 rings (SSSR count). The molecule has 4 aromatic rings. The van der Waals surface area contributed by atoms with Crippen LogP contribution in [0.3, 0.4) is 0 Å². The van der Waals surface area contributed by atoms with E-state index in [-0.39, 0.29) is 29.7 Å². The van der Waals surface area contributed by atoms with Crippen molar-refractivity contribution in [1.29, 1.82) is 0 Å². The molecule has 2 aromatic carbocycles. The quantitative estimate of drug-likeness (QED) is 0.176. The van der Waals surface area contributed by atoms with Crippen LogP contribution in [0.4, 0.5) is 4.79 Å². The maximum atomic E-state index is 13.5. The van der Waals surface area contributed by atoms with E-state index in [1.807, 2.05) is 36.0 Å². The van der Waals surface area contributed by atoms with Crippen LogP contribution in [0, 0.1) is 11.8 Å². The molecule has 258 valence electrons. The first-order chi connectivity index (χ1) is 23.6. The number of methoxy groups -OCH3 is 1. The van der Waals surface area contributed by atoms with Crippen molar-refractivity contribution in [2.24, 2.45) is 11.8 Å². The zero-order valence-corrected chi connectivity index (χ0v) is 29.0. The standard InChI is InChI=1S/C38H47N7O4/c1-23(2)19-33(46)44-18-16-29(22-44)35-39-20-30(41-35)27-12-8-25(9-13-27)26-10-14-28(15-11-26)31-21-40-36(42-31)32-7-6-17-45(32)37(47)34(24(3)4)43-38(48)49-5/h8-15,20-21,23-24,29,32,34H,6-7,16-19,22H2,1-5H3,(H,39,41)(H,40,42)(H,43,48). The number of nitrogens with one attached hydrogen (secondary N) is 3. The van der Waals surface area contributed by atoms with Crippen molar-refractivity contribution in [3.8, 4) is 33.6 Å². The molecule has 2 saturated heterocycles. The number of aromatic amines is 2. The number of alkyl carbamates (subject to hydrolysis) is 1. The minimum absolute atomic E-state index is 0.0882. The van der Waals surface area contributed by atoms with E-state index in [2.05, 4.69) is 87.6 Å². The van der Waals surface area contributed by atoms with Gasteiger partial charge >= 0.3 is 6.09 Å². The van der Waals surface area contributed by atoms with Gasteiger partial charge in [-0.05, 0) is 53.4 Å². The lowest BCUT2D eigenvalue weighted by molar-refractivity contribution is -0.135. The van der Waals surface area contributed by atoms with Crippen molar-refractivity contribution in [1.82, 2.24) is 35.1 Å². The molecule has 2 aliphatic rings. The van der Waals surface area contributed by atoms with Crippen LogP contribution in [-0.2, 0) is 14.3 Å². The molecule has 2 aliphatic heterocycles. The van der Waals surface area contributed by atoms with Crippen LogP contribution in [0.25, 0.3) is 33.6 Å². The fraction of sp³-hybridized carbons (Fsp3) is 0.447. The van der Waals surface area contributed by atoms with Crippen LogP contribution in [-0.4, -0.2) is 80.4 Å². The summed E-state index contributed by atoms with van der Waals surface area (Å²) in [5.74, 6) is 2.31. The Bertz CT molecular complexity index is 1760. The van der Waals surface area contributed by atoms with Crippen LogP contribution in [0.15, 0.2) is 60.9 Å². The van der Waals surface area contributed by atoms with Crippen LogP contribution >= 0.6 is 0 Å². The number of carbonyl (C=O) groups is 3. The van der Waals surface area contributed by atoms with Crippen molar-refractivity contribution in [2.45, 2.75) is 71.4 Å². The van der Waals surface area contributed by atoms with Gasteiger partial charge < -0.3 is 29.8 Å². The number of hydrogen-bond acceptors (Lipinski definition) is 6. The number of hydrogen-bond donors (Lipinski definition) is 3. The van der Waals surface area contributed by atoms with Gasteiger partial charge in [-0.15, -0.1) is 0 Å². The highest BCUT2D eigenvalue weighted by molar-refractivity contribution is 5.86. The molecule has 3 unspecified atom stereocenters. The Kier molecular flexibility index (Phi) is 10.2. The Morgan fingerprint density at radius 3 is 1.98 bits per heavy atom. The number of rotatable bonds is 10. The molecule has 0 bridgehead atoms. The average molecular weight is 666 g/mol. The largest absolute Gasteiger partial charge is 0.453 e. The Morgan fingerprint density at radius 2 is 1.41 bits per heavy atom. The highest BCUT2D eigenvalue weighted by Gasteiger charge is 2.37. The number of carbonyl (C=O) groups excluding carboxylic acids is 3. The summed E-state index contributed by atoms with van der Waals surface area (Å²) < 4.78 is 4.75. The maximum Gasteiger partial charge on any atom is 0.407 e.